The Morgan fingerprint density at radius 1 is 1.06 bits per heavy atom. The number of anilines is 1. The maximum Gasteiger partial charge on any atom is 0.261 e. The summed E-state index contributed by atoms with van der Waals surface area (Å²) in [7, 11) is -0.773. The van der Waals surface area contributed by atoms with Crippen molar-refractivity contribution in [1.29, 1.82) is 0 Å². The Hall–Kier alpha value is -3.06. The van der Waals surface area contributed by atoms with Crippen LogP contribution in [0, 0.1) is 0 Å². The number of carbonyl (C=O) groups excluding carboxylic acids is 1. The van der Waals surface area contributed by atoms with Crippen LogP contribution in [0.4, 0.5) is 5.13 Å². The number of ether oxygens (including phenoxy) is 3. The zero-order valence-electron chi connectivity index (χ0n) is 18.0. The highest BCUT2D eigenvalue weighted by molar-refractivity contribution is 7.89. The standard InChI is InChI=1S/C21H22N4O6S2/c1-29-15-5-3-14(4-6-15)20-23-24-21(32-20)22-19(26)17-13-16(7-8-18(17)30-2)33(27,28)25-9-11-31-12-10-25/h3-8,13H,9-12H2,1-2H3,(H,22,24,26). The maximum absolute atomic E-state index is 13.0. The van der Waals surface area contributed by atoms with Gasteiger partial charge in [-0.05, 0) is 42.5 Å². The molecule has 1 aliphatic heterocycles. The second-order valence-corrected chi connectivity index (χ2v) is 9.89. The van der Waals surface area contributed by atoms with Gasteiger partial charge in [0.1, 0.15) is 16.5 Å². The molecule has 1 aromatic heterocycles. The number of aromatic nitrogens is 2. The first-order valence-corrected chi connectivity index (χ1v) is 12.2. The number of amides is 1. The van der Waals surface area contributed by atoms with Gasteiger partial charge in [0.15, 0.2) is 0 Å². The number of nitrogens with zero attached hydrogens (tertiary/aromatic N) is 3. The van der Waals surface area contributed by atoms with Crippen LogP contribution in [-0.4, -0.2) is 69.4 Å². The van der Waals surface area contributed by atoms with Gasteiger partial charge >= 0.3 is 0 Å². The molecule has 174 valence electrons. The minimum Gasteiger partial charge on any atom is -0.497 e. The molecule has 2 heterocycles. The van der Waals surface area contributed by atoms with Gasteiger partial charge in [-0.2, -0.15) is 4.31 Å². The van der Waals surface area contributed by atoms with Crippen LogP contribution in [0.1, 0.15) is 10.4 Å². The Balaban J connectivity index is 1.56. The lowest BCUT2D eigenvalue weighted by atomic mass is 10.2. The molecule has 1 amide bonds. The SMILES string of the molecule is COc1ccc(-c2nnc(NC(=O)c3cc(S(=O)(=O)N4CCOCC4)ccc3OC)s2)cc1. The smallest absolute Gasteiger partial charge is 0.261 e. The fourth-order valence-electron chi connectivity index (χ4n) is 3.25. The predicted molar refractivity (Wildman–Crippen MR) is 122 cm³/mol. The first kappa shape index (κ1) is 23.1. The van der Waals surface area contributed by atoms with Crippen LogP contribution < -0.4 is 14.8 Å². The summed E-state index contributed by atoms with van der Waals surface area (Å²) in [5.41, 5.74) is 0.901. The molecule has 10 nitrogen and oxygen atoms in total. The van der Waals surface area contributed by atoms with E-state index in [0.29, 0.717) is 18.2 Å². The van der Waals surface area contributed by atoms with Crippen LogP contribution in [0.15, 0.2) is 47.4 Å². The summed E-state index contributed by atoms with van der Waals surface area (Å²) in [5.74, 6) is 0.410. The predicted octanol–water partition coefficient (Wildman–Crippen LogP) is 2.50. The lowest BCUT2D eigenvalue weighted by Gasteiger charge is -2.26. The molecule has 0 saturated carbocycles. The van der Waals surface area contributed by atoms with E-state index in [1.165, 1.54) is 41.0 Å². The van der Waals surface area contributed by atoms with Crippen molar-refractivity contribution >= 4 is 32.4 Å². The number of benzene rings is 2. The molecule has 0 unspecified atom stereocenters. The minimum absolute atomic E-state index is 0.00605. The van der Waals surface area contributed by atoms with Crippen molar-refractivity contribution < 1.29 is 27.4 Å². The summed E-state index contributed by atoms with van der Waals surface area (Å²) in [6.07, 6.45) is 0. The molecule has 0 atom stereocenters. The lowest BCUT2D eigenvalue weighted by Crippen LogP contribution is -2.40. The van der Waals surface area contributed by atoms with Gasteiger partial charge in [-0.3, -0.25) is 10.1 Å². The summed E-state index contributed by atoms with van der Waals surface area (Å²) < 4.78 is 43.0. The highest BCUT2D eigenvalue weighted by Crippen LogP contribution is 2.30. The quantitative estimate of drug-likeness (QED) is 0.536. The van der Waals surface area contributed by atoms with Gasteiger partial charge in [0.2, 0.25) is 15.2 Å². The normalized spacial score (nSPS) is 14.6. The van der Waals surface area contributed by atoms with Crippen LogP contribution in [0.3, 0.4) is 0 Å². The number of methoxy groups -OCH3 is 2. The Bertz CT molecular complexity index is 1240. The van der Waals surface area contributed by atoms with E-state index in [1.54, 1.807) is 19.2 Å². The average molecular weight is 491 g/mol. The van der Waals surface area contributed by atoms with Crippen LogP contribution in [0.5, 0.6) is 11.5 Å². The fraction of sp³-hybridized carbons (Fsp3) is 0.286. The summed E-state index contributed by atoms with van der Waals surface area (Å²) in [5, 5.41) is 11.7. The number of hydrogen-bond donors (Lipinski definition) is 1. The van der Waals surface area contributed by atoms with Gasteiger partial charge in [-0.25, -0.2) is 8.42 Å². The maximum atomic E-state index is 13.0. The first-order valence-electron chi connectivity index (χ1n) is 9.97. The van der Waals surface area contributed by atoms with Gasteiger partial charge in [-0.15, -0.1) is 10.2 Å². The largest absolute Gasteiger partial charge is 0.497 e. The highest BCUT2D eigenvalue weighted by atomic mass is 32.2. The van der Waals surface area contributed by atoms with E-state index < -0.39 is 15.9 Å². The van der Waals surface area contributed by atoms with Crippen molar-refractivity contribution in [3.63, 3.8) is 0 Å². The van der Waals surface area contributed by atoms with Crippen molar-refractivity contribution in [3.05, 3.63) is 48.0 Å². The number of nitrogens with one attached hydrogen (secondary N) is 1. The molecule has 1 N–H and O–H groups in total. The monoisotopic (exact) mass is 490 g/mol. The zero-order chi connectivity index (χ0) is 23.4. The number of rotatable bonds is 7. The number of carbonyl (C=O) groups is 1. The number of sulfonamides is 1. The molecular formula is C21H22N4O6S2. The van der Waals surface area contributed by atoms with E-state index in [4.69, 9.17) is 14.2 Å². The minimum atomic E-state index is -3.77. The van der Waals surface area contributed by atoms with Crippen LogP contribution in [0.25, 0.3) is 10.6 Å². The second-order valence-electron chi connectivity index (χ2n) is 6.97. The third-order valence-electron chi connectivity index (χ3n) is 5.01. The third-order valence-corrected chi connectivity index (χ3v) is 7.79. The van der Waals surface area contributed by atoms with Crippen molar-refractivity contribution in [2.45, 2.75) is 4.90 Å². The van der Waals surface area contributed by atoms with Crippen molar-refractivity contribution in [3.8, 4) is 22.1 Å². The summed E-state index contributed by atoms with van der Waals surface area (Å²) in [4.78, 5) is 13.0. The molecule has 33 heavy (non-hydrogen) atoms. The van der Waals surface area contributed by atoms with Crippen molar-refractivity contribution in [2.24, 2.45) is 0 Å². The van der Waals surface area contributed by atoms with Crippen LogP contribution >= 0.6 is 11.3 Å². The molecule has 0 bridgehead atoms. The summed E-state index contributed by atoms with van der Waals surface area (Å²) in [6.45, 7) is 1.18. The Morgan fingerprint density at radius 2 is 1.79 bits per heavy atom. The molecule has 0 aliphatic carbocycles. The van der Waals surface area contributed by atoms with E-state index >= 15 is 0 Å². The summed E-state index contributed by atoms with van der Waals surface area (Å²) >= 11 is 1.19. The molecule has 1 fully saturated rings. The highest BCUT2D eigenvalue weighted by Gasteiger charge is 2.28. The van der Waals surface area contributed by atoms with Gasteiger partial charge in [-0.1, -0.05) is 11.3 Å². The van der Waals surface area contributed by atoms with E-state index in [0.717, 1.165) is 11.3 Å². The van der Waals surface area contributed by atoms with E-state index in [2.05, 4.69) is 15.5 Å². The van der Waals surface area contributed by atoms with Crippen LogP contribution in [-0.2, 0) is 14.8 Å². The Labute approximate surface area is 195 Å². The molecule has 1 aliphatic rings. The molecule has 4 rings (SSSR count). The number of morpholine rings is 1. The van der Waals surface area contributed by atoms with Crippen LogP contribution in [0.2, 0.25) is 0 Å². The molecule has 2 aromatic carbocycles. The Morgan fingerprint density at radius 3 is 2.45 bits per heavy atom. The average Bonchev–Trinajstić information content (AvgIpc) is 3.32. The van der Waals surface area contributed by atoms with Gasteiger partial charge in [0.05, 0.1) is 37.9 Å². The molecule has 3 aromatic rings. The molecule has 0 radical (unpaired) electrons. The van der Waals surface area contributed by atoms with E-state index in [9.17, 15) is 13.2 Å². The van der Waals surface area contributed by atoms with Gasteiger partial charge in [0, 0.05) is 18.7 Å². The van der Waals surface area contributed by atoms with Crippen molar-refractivity contribution in [1.82, 2.24) is 14.5 Å². The third kappa shape index (κ3) is 4.98. The van der Waals surface area contributed by atoms with Crippen molar-refractivity contribution in [2.75, 3.05) is 45.8 Å². The topological polar surface area (TPSA) is 120 Å². The van der Waals surface area contributed by atoms with E-state index in [1.807, 2.05) is 12.1 Å². The lowest BCUT2D eigenvalue weighted by molar-refractivity contribution is 0.0730. The number of hydrogen-bond acceptors (Lipinski definition) is 9. The first-order chi connectivity index (χ1) is 15.9. The molecular weight excluding hydrogens is 468 g/mol. The second kappa shape index (κ2) is 9.83. The molecule has 0 spiro atoms. The fourth-order valence-corrected chi connectivity index (χ4v) is 5.43. The van der Waals surface area contributed by atoms with E-state index in [-0.39, 0.29) is 34.4 Å². The summed E-state index contributed by atoms with van der Waals surface area (Å²) in [6, 6.07) is 11.5. The van der Waals surface area contributed by atoms with Gasteiger partial charge in [0.25, 0.3) is 5.91 Å². The zero-order valence-corrected chi connectivity index (χ0v) is 19.6. The molecule has 1 saturated heterocycles. The van der Waals surface area contributed by atoms with Gasteiger partial charge < -0.3 is 14.2 Å². The Kier molecular flexibility index (Phi) is 6.88. The molecule has 12 heteroatoms.